The summed E-state index contributed by atoms with van der Waals surface area (Å²) in [4.78, 5) is 31.4. The molecule has 8 heteroatoms. The number of aromatic nitrogens is 2. The fourth-order valence-electron chi connectivity index (χ4n) is 3.29. The highest BCUT2D eigenvalue weighted by Crippen LogP contribution is 2.35. The van der Waals surface area contributed by atoms with Gasteiger partial charge in [-0.15, -0.1) is 0 Å². The molecule has 1 aliphatic rings. The Hall–Kier alpha value is -3.86. The number of nitrogens with one attached hydrogen (secondary N) is 3. The van der Waals surface area contributed by atoms with Gasteiger partial charge in [0.15, 0.2) is 5.78 Å². The van der Waals surface area contributed by atoms with Crippen molar-refractivity contribution in [2.75, 3.05) is 24.3 Å². The van der Waals surface area contributed by atoms with E-state index in [1.54, 1.807) is 0 Å². The molecule has 1 aromatic carbocycles. The molecule has 4 rings (SSSR count). The molecule has 1 amide bonds. The number of pyridine rings is 1. The molecule has 2 aromatic heterocycles. The van der Waals surface area contributed by atoms with Crippen molar-refractivity contribution < 1.29 is 14.3 Å². The van der Waals surface area contributed by atoms with Crippen LogP contribution in [0.15, 0.2) is 36.5 Å². The molecule has 0 bridgehead atoms. The number of methoxy groups -OCH3 is 1. The molecule has 1 fully saturated rings. The minimum atomic E-state index is -0.170. The van der Waals surface area contributed by atoms with Gasteiger partial charge in [0.25, 0.3) is 0 Å². The van der Waals surface area contributed by atoms with Gasteiger partial charge >= 0.3 is 0 Å². The Balaban J connectivity index is 1.66. The highest BCUT2D eigenvalue weighted by Gasteiger charge is 2.30. The average molecular weight is 403 g/mol. The quantitative estimate of drug-likeness (QED) is 0.530. The summed E-state index contributed by atoms with van der Waals surface area (Å²) in [6.07, 6.45) is 3.58. The molecule has 0 radical (unpaired) electrons. The van der Waals surface area contributed by atoms with Crippen molar-refractivity contribution in [1.29, 1.82) is 5.26 Å². The summed E-state index contributed by atoms with van der Waals surface area (Å²) in [5.41, 5.74) is 3.38. The minimum Gasteiger partial charge on any atom is -0.481 e. The number of Topliss-reactive ketones (excluding diaryl/α,β-unsaturated/α-hetero) is 1. The molecule has 0 saturated heterocycles. The second kappa shape index (κ2) is 8.25. The number of hydrogen-bond donors (Lipinski definition) is 3. The number of amides is 1. The van der Waals surface area contributed by atoms with E-state index in [9.17, 15) is 9.59 Å². The fourth-order valence-corrected chi connectivity index (χ4v) is 3.29. The summed E-state index contributed by atoms with van der Waals surface area (Å²) in [5, 5.41) is 15.5. The normalized spacial score (nSPS) is 12.9. The van der Waals surface area contributed by atoms with Crippen LogP contribution in [0.5, 0.6) is 5.88 Å². The first-order valence-corrected chi connectivity index (χ1v) is 9.69. The number of H-pyrrole nitrogens is 1. The number of nitriles is 1. The van der Waals surface area contributed by atoms with Crippen LogP contribution in [0.1, 0.15) is 19.3 Å². The lowest BCUT2D eigenvalue weighted by molar-refractivity contribution is -0.117. The fraction of sp³-hybridized carbons (Fsp3) is 0.273. The monoisotopic (exact) mass is 403 g/mol. The lowest BCUT2D eigenvalue weighted by atomic mass is 10.0. The molecule has 1 aliphatic carbocycles. The van der Waals surface area contributed by atoms with Crippen LogP contribution in [0, 0.1) is 17.2 Å². The van der Waals surface area contributed by atoms with Gasteiger partial charge < -0.3 is 20.4 Å². The first-order valence-electron chi connectivity index (χ1n) is 9.69. The Morgan fingerprint density at radius 3 is 2.90 bits per heavy atom. The van der Waals surface area contributed by atoms with E-state index in [0.717, 1.165) is 40.6 Å². The van der Waals surface area contributed by atoms with Gasteiger partial charge in [-0.25, -0.2) is 0 Å². The van der Waals surface area contributed by atoms with E-state index in [2.05, 4.69) is 20.6 Å². The van der Waals surface area contributed by atoms with E-state index >= 15 is 0 Å². The van der Waals surface area contributed by atoms with Gasteiger partial charge in [-0.1, -0.05) is 12.1 Å². The number of benzene rings is 1. The SMILES string of the molecule is COc1cc(-c2c[nH]c3c(NCC(=O)CC#N)cccc23)cc(NC(=O)C2CC2)n1. The van der Waals surface area contributed by atoms with Gasteiger partial charge in [-0.2, -0.15) is 10.2 Å². The molecule has 1 saturated carbocycles. The highest BCUT2D eigenvalue weighted by atomic mass is 16.5. The number of para-hydroxylation sites is 1. The van der Waals surface area contributed by atoms with Gasteiger partial charge in [0.2, 0.25) is 11.8 Å². The van der Waals surface area contributed by atoms with Crippen LogP contribution in [0.25, 0.3) is 22.0 Å². The van der Waals surface area contributed by atoms with Gasteiger partial charge in [-0.05, 0) is 30.5 Å². The van der Waals surface area contributed by atoms with Crippen molar-refractivity contribution in [3.8, 4) is 23.1 Å². The van der Waals surface area contributed by atoms with Crippen LogP contribution in [-0.4, -0.2) is 35.3 Å². The summed E-state index contributed by atoms with van der Waals surface area (Å²) < 4.78 is 5.33. The Morgan fingerprint density at radius 1 is 1.33 bits per heavy atom. The highest BCUT2D eigenvalue weighted by molar-refractivity contribution is 6.03. The summed E-state index contributed by atoms with van der Waals surface area (Å²) in [7, 11) is 1.54. The van der Waals surface area contributed by atoms with E-state index in [1.807, 2.05) is 42.6 Å². The van der Waals surface area contributed by atoms with Crippen molar-refractivity contribution in [2.24, 2.45) is 5.92 Å². The number of rotatable bonds is 8. The topological polar surface area (TPSA) is 120 Å². The van der Waals surface area contributed by atoms with Crippen molar-refractivity contribution in [1.82, 2.24) is 9.97 Å². The van der Waals surface area contributed by atoms with E-state index in [1.165, 1.54) is 7.11 Å². The van der Waals surface area contributed by atoms with Crippen LogP contribution in [0.3, 0.4) is 0 Å². The average Bonchev–Trinajstić information content (AvgIpc) is 3.51. The molecule has 0 aliphatic heterocycles. The molecule has 2 heterocycles. The number of aromatic amines is 1. The maximum absolute atomic E-state index is 12.1. The van der Waals surface area contributed by atoms with Crippen LogP contribution in [-0.2, 0) is 9.59 Å². The largest absolute Gasteiger partial charge is 0.481 e. The van der Waals surface area contributed by atoms with Crippen LogP contribution < -0.4 is 15.4 Å². The number of carbonyl (C=O) groups excluding carboxylic acids is 2. The summed E-state index contributed by atoms with van der Waals surface area (Å²) in [6.45, 7) is 0.0848. The van der Waals surface area contributed by atoms with E-state index in [-0.39, 0.29) is 30.6 Å². The maximum atomic E-state index is 12.1. The molecule has 3 aromatic rings. The molecule has 152 valence electrons. The lowest BCUT2D eigenvalue weighted by Gasteiger charge is -2.10. The molecule has 8 nitrogen and oxygen atoms in total. The van der Waals surface area contributed by atoms with Crippen molar-refractivity contribution >= 4 is 34.1 Å². The smallest absolute Gasteiger partial charge is 0.228 e. The second-order valence-corrected chi connectivity index (χ2v) is 7.20. The van der Waals surface area contributed by atoms with Crippen LogP contribution >= 0.6 is 0 Å². The first kappa shape index (κ1) is 19.5. The van der Waals surface area contributed by atoms with Crippen LogP contribution in [0.4, 0.5) is 11.5 Å². The van der Waals surface area contributed by atoms with Crippen LogP contribution in [0.2, 0.25) is 0 Å². The Bertz CT molecular complexity index is 1160. The molecular formula is C22H21N5O3. The number of ketones is 1. The standard InChI is InChI=1S/C22H21N5O3/c1-30-20-10-14(9-19(26-20)27-22(29)13-5-6-13)17-12-25-21-16(17)3-2-4-18(21)24-11-15(28)7-8-23/h2-4,9-10,12-13,24-25H,5-7,11H2,1H3,(H,26,27,29). The summed E-state index contributed by atoms with van der Waals surface area (Å²) in [6, 6.07) is 11.2. The molecular weight excluding hydrogens is 382 g/mol. The zero-order chi connectivity index (χ0) is 21.1. The Morgan fingerprint density at radius 2 is 2.17 bits per heavy atom. The van der Waals surface area contributed by atoms with Gasteiger partial charge in [0.05, 0.1) is 37.3 Å². The molecule has 3 N–H and O–H groups in total. The predicted molar refractivity (Wildman–Crippen MR) is 113 cm³/mol. The third-order valence-corrected chi connectivity index (χ3v) is 4.99. The third kappa shape index (κ3) is 4.10. The van der Waals surface area contributed by atoms with Gasteiger partial charge in [0, 0.05) is 29.1 Å². The molecule has 30 heavy (non-hydrogen) atoms. The van der Waals surface area contributed by atoms with Crippen molar-refractivity contribution in [2.45, 2.75) is 19.3 Å². The van der Waals surface area contributed by atoms with E-state index in [4.69, 9.17) is 10.00 Å². The van der Waals surface area contributed by atoms with Crippen molar-refractivity contribution in [3.05, 3.63) is 36.5 Å². The van der Waals surface area contributed by atoms with E-state index in [0.29, 0.717) is 11.7 Å². The number of nitrogens with zero attached hydrogens (tertiary/aromatic N) is 2. The lowest BCUT2D eigenvalue weighted by Crippen LogP contribution is -2.14. The number of fused-ring (bicyclic) bond motifs is 1. The second-order valence-electron chi connectivity index (χ2n) is 7.20. The minimum absolute atomic E-state index is 0.0193. The third-order valence-electron chi connectivity index (χ3n) is 4.99. The maximum Gasteiger partial charge on any atom is 0.228 e. The Kier molecular flexibility index (Phi) is 5.35. The molecule has 0 atom stereocenters. The predicted octanol–water partition coefficient (Wildman–Crippen LogP) is 3.48. The molecule has 0 spiro atoms. The summed E-state index contributed by atoms with van der Waals surface area (Å²) in [5.74, 6) is 0.744. The molecule has 0 unspecified atom stereocenters. The number of anilines is 2. The zero-order valence-corrected chi connectivity index (χ0v) is 16.5. The number of carbonyl (C=O) groups is 2. The first-order chi connectivity index (χ1) is 14.6. The van der Waals surface area contributed by atoms with Gasteiger partial charge in [-0.3, -0.25) is 9.59 Å². The number of ether oxygens (including phenoxy) is 1. The Labute approximate surface area is 173 Å². The number of hydrogen-bond acceptors (Lipinski definition) is 6. The zero-order valence-electron chi connectivity index (χ0n) is 16.5. The van der Waals surface area contributed by atoms with Crippen molar-refractivity contribution in [3.63, 3.8) is 0 Å². The summed E-state index contributed by atoms with van der Waals surface area (Å²) >= 11 is 0. The van der Waals surface area contributed by atoms with E-state index < -0.39 is 0 Å². The van der Waals surface area contributed by atoms with Gasteiger partial charge in [0.1, 0.15) is 5.82 Å².